The smallest absolute Gasteiger partial charge is 0.254 e. The molecule has 2 aromatic rings. The monoisotopic (exact) mass is 304 g/mol. The lowest BCUT2D eigenvalue weighted by Gasteiger charge is -2.16. The van der Waals surface area contributed by atoms with Gasteiger partial charge in [-0.3, -0.25) is 9.59 Å². The Morgan fingerprint density at radius 3 is 2.36 bits per heavy atom. The molecule has 0 saturated heterocycles. The highest BCUT2D eigenvalue weighted by Gasteiger charge is 2.21. The molecule has 0 spiro atoms. The van der Waals surface area contributed by atoms with Crippen LogP contribution in [0.4, 0.5) is 8.78 Å². The van der Waals surface area contributed by atoms with Gasteiger partial charge in [-0.15, -0.1) is 0 Å². The van der Waals surface area contributed by atoms with E-state index in [2.05, 4.69) is 5.32 Å². The minimum absolute atomic E-state index is 0.185. The summed E-state index contributed by atoms with van der Waals surface area (Å²) in [5.74, 6) is -3.35. The van der Waals surface area contributed by atoms with Crippen LogP contribution in [0.25, 0.3) is 0 Å². The summed E-state index contributed by atoms with van der Waals surface area (Å²) >= 11 is 0. The average molecular weight is 304 g/mol. The van der Waals surface area contributed by atoms with Gasteiger partial charge in [0.1, 0.15) is 17.7 Å². The molecule has 0 fully saturated rings. The molecule has 114 valence electrons. The Morgan fingerprint density at radius 1 is 1.09 bits per heavy atom. The van der Waals surface area contributed by atoms with Crippen molar-refractivity contribution >= 4 is 11.8 Å². The molecule has 0 radical (unpaired) electrons. The summed E-state index contributed by atoms with van der Waals surface area (Å²) < 4.78 is 26.4. The van der Waals surface area contributed by atoms with Crippen molar-refractivity contribution in [2.24, 2.45) is 5.73 Å². The van der Waals surface area contributed by atoms with Crippen molar-refractivity contribution < 1.29 is 18.4 Å². The molecule has 1 atom stereocenters. The predicted molar refractivity (Wildman–Crippen MR) is 77.0 cm³/mol. The predicted octanol–water partition coefficient (Wildman–Crippen LogP) is 1.79. The fourth-order valence-corrected chi connectivity index (χ4v) is 1.98. The molecule has 0 aliphatic carbocycles. The van der Waals surface area contributed by atoms with E-state index in [1.165, 1.54) is 0 Å². The summed E-state index contributed by atoms with van der Waals surface area (Å²) in [4.78, 5) is 23.5. The Labute approximate surface area is 125 Å². The van der Waals surface area contributed by atoms with Gasteiger partial charge in [-0.1, -0.05) is 30.3 Å². The SMILES string of the molecule is NC(=O)[C@H](Cc1ccccc1)NC(=O)c1ccc(F)cc1F. The van der Waals surface area contributed by atoms with Crippen molar-refractivity contribution in [3.63, 3.8) is 0 Å². The molecule has 3 N–H and O–H groups in total. The molecule has 0 aromatic heterocycles. The fourth-order valence-electron chi connectivity index (χ4n) is 1.98. The van der Waals surface area contributed by atoms with Gasteiger partial charge in [0.15, 0.2) is 0 Å². The summed E-state index contributed by atoms with van der Waals surface area (Å²) in [6, 6.07) is 10.5. The molecular formula is C16H14F2N2O2. The number of nitrogens with two attached hydrogens (primary N) is 1. The van der Waals surface area contributed by atoms with Gasteiger partial charge in [0.2, 0.25) is 5.91 Å². The van der Waals surface area contributed by atoms with E-state index in [1.807, 2.05) is 6.07 Å². The summed E-state index contributed by atoms with van der Waals surface area (Å²) in [5.41, 5.74) is 5.72. The molecule has 0 aliphatic heterocycles. The van der Waals surface area contributed by atoms with Crippen LogP contribution in [0.3, 0.4) is 0 Å². The number of amides is 2. The van der Waals surface area contributed by atoms with Gasteiger partial charge in [-0.05, 0) is 17.7 Å². The number of hydrogen-bond donors (Lipinski definition) is 2. The lowest BCUT2D eigenvalue weighted by molar-refractivity contribution is -0.119. The second-order valence-electron chi connectivity index (χ2n) is 4.74. The Hall–Kier alpha value is -2.76. The summed E-state index contributed by atoms with van der Waals surface area (Å²) in [5, 5.41) is 2.37. The number of primary amides is 1. The zero-order chi connectivity index (χ0) is 16.1. The number of rotatable bonds is 5. The molecule has 0 heterocycles. The molecule has 0 unspecified atom stereocenters. The van der Waals surface area contributed by atoms with Crippen LogP contribution in [0.5, 0.6) is 0 Å². The van der Waals surface area contributed by atoms with E-state index in [4.69, 9.17) is 5.73 Å². The third-order valence-corrected chi connectivity index (χ3v) is 3.11. The highest BCUT2D eigenvalue weighted by atomic mass is 19.1. The van der Waals surface area contributed by atoms with E-state index in [9.17, 15) is 18.4 Å². The van der Waals surface area contributed by atoms with Gasteiger partial charge in [-0.2, -0.15) is 0 Å². The number of carbonyl (C=O) groups is 2. The maximum atomic E-state index is 13.6. The minimum Gasteiger partial charge on any atom is -0.368 e. The average Bonchev–Trinajstić information content (AvgIpc) is 2.47. The van der Waals surface area contributed by atoms with Gasteiger partial charge in [0, 0.05) is 12.5 Å². The van der Waals surface area contributed by atoms with Gasteiger partial charge in [0.25, 0.3) is 5.91 Å². The van der Waals surface area contributed by atoms with Crippen LogP contribution in [0.1, 0.15) is 15.9 Å². The van der Waals surface area contributed by atoms with Crippen LogP contribution in [-0.2, 0) is 11.2 Å². The van der Waals surface area contributed by atoms with Crippen LogP contribution < -0.4 is 11.1 Å². The number of benzene rings is 2. The standard InChI is InChI=1S/C16H14F2N2O2/c17-11-6-7-12(13(18)9-11)16(22)20-14(15(19)21)8-10-4-2-1-3-5-10/h1-7,9,14H,8H2,(H2,19,21)(H,20,22)/t14-/m0/s1. The Bertz CT molecular complexity index is 690. The van der Waals surface area contributed by atoms with Crippen molar-refractivity contribution in [1.29, 1.82) is 0 Å². The first kappa shape index (κ1) is 15.6. The van der Waals surface area contributed by atoms with Gasteiger partial charge in [-0.25, -0.2) is 8.78 Å². The first-order chi connectivity index (χ1) is 10.5. The minimum atomic E-state index is -1.000. The van der Waals surface area contributed by atoms with E-state index in [1.54, 1.807) is 24.3 Å². The van der Waals surface area contributed by atoms with Crippen LogP contribution in [0.15, 0.2) is 48.5 Å². The summed E-state index contributed by atoms with van der Waals surface area (Å²) in [6.45, 7) is 0. The Balaban J connectivity index is 2.14. The van der Waals surface area contributed by atoms with Crippen LogP contribution in [0, 0.1) is 11.6 Å². The number of halogens is 2. The first-order valence-electron chi connectivity index (χ1n) is 6.56. The van der Waals surface area contributed by atoms with Gasteiger partial charge in [0.05, 0.1) is 5.56 Å². The van der Waals surface area contributed by atoms with Crippen LogP contribution in [-0.4, -0.2) is 17.9 Å². The topological polar surface area (TPSA) is 72.2 Å². The third kappa shape index (κ3) is 3.88. The van der Waals surface area contributed by atoms with Crippen molar-refractivity contribution in [2.45, 2.75) is 12.5 Å². The van der Waals surface area contributed by atoms with Gasteiger partial charge < -0.3 is 11.1 Å². The van der Waals surface area contributed by atoms with E-state index in [-0.39, 0.29) is 12.0 Å². The van der Waals surface area contributed by atoms with E-state index < -0.39 is 29.5 Å². The Morgan fingerprint density at radius 2 is 1.77 bits per heavy atom. The molecule has 22 heavy (non-hydrogen) atoms. The molecular weight excluding hydrogens is 290 g/mol. The second-order valence-corrected chi connectivity index (χ2v) is 4.74. The number of carbonyl (C=O) groups excluding carboxylic acids is 2. The van der Waals surface area contributed by atoms with Gasteiger partial charge >= 0.3 is 0 Å². The van der Waals surface area contributed by atoms with E-state index in [0.29, 0.717) is 6.07 Å². The number of hydrogen-bond acceptors (Lipinski definition) is 2. The fraction of sp³-hybridized carbons (Fsp3) is 0.125. The highest BCUT2D eigenvalue weighted by Crippen LogP contribution is 2.10. The van der Waals surface area contributed by atoms with Crippen molar-refractivity contribution in [2.75, 3.05) is 0 Å². The molecule has 6 heteroatoms. The summed E-state index contributed by atoms with van der Waals surface area (Å²) in [6.07, 6.45) is 0.185. The molecule has 2 amide bonds. The number of nitrogens with one attached hydrogen (secondary N) is 1. The second kappa shape index (κ2) is 6.80. The van der Waals surface area contributed by atoms with E-state index in [0.717, 1.165) is 17.7 Å². The first-order valence-corrected chi connectivity index (χ1v) is 6.56. The zero-order valence-corrected chi connectivity index (χ0v) is 11.6. The lowest BCUT2D eigenvalue weighted by Crippen LogP contribution is -2.46. The molecule has 0 bridgehead atoms. The Kier molecular flexibility index (Phi) is 4.83. The van der Waals surface area contributed by atoms with Crippen LogP contribution >= 0.6 is 0 Å². The van der Waals surface area contributed by atoms with Crippen molar-refractivity contribution in [3.8, 4) is 0 Å². The molecule has 2 rings (SSSR count). The molecule has 2 aromatic carbocycles. The molecule has 0 saturated carbocycles. The van der Waals surface area contributed by atoms with Crippen LogP contribution in [0.2, 0.25) is 0 Å². The largest absolute Gasteiger partial charge is 0.368 e. The molecule has 0 aliphatic rings. The summed E-state index contributed by atoms with van der Waals surface area (Å²) in [7, 11) is 0. The van der Waals surface area contributed by atoms with Crippen molar-refractivity contribution in [1.82, 2.24) is 5.32 Å². The highest BCUT2D eigenvalue weighted by molar-refractivity contribution is 5.97. The third-order valence-electron chi connectivity index (χ3n) is 3.11. The quantitative estimate of drug-likeness (QED) is 0.884. The van der Waals surface area contributed by atoms with E-state index >= 15 is 0 Å². The lowest BCUT2D eigenvalue weighted by atomic mass is 10.0. The van der Waals surface area contributed by atoms with Crippen molar-refractivity contribution in [3.05, 3.63) is 71.3 Å². The normalized spacial score (nSPS) is 11.7. The zero-order valence-electron chi connectivity index (χ0n) is 11.6. The maximum Gasteiger partial charge on any atom is 0.254 e. The maximum absolute atomic E-state index is 13.6. The molecule has 4 nitrogen and oxygen atoms in total.